The van der Waals surface area contributed by atoms with E-state index in [1.165, 1.54) is 44.9 Å². The number of unbranched alkanes of at least 4 members (excludes halogenated alkanes) is 10. The molecular weight excluding hydrogens is 539 g/mol. The minimum atomic E-state index is -5.26. The second-order valence-corrected chi connectivity index (χ2v) is 10.7. The number of carboxylic acid groups (broad SMARTS) is 1. The fraction of sp³-hybridized carbons (Fsp3) is 0.769. The van der Waals surface area contributed by atoms with Gasteiger partial charge < -0.3 is 21.3 Å². The van der Waals surface area contributed by atoms with Crippen LogP contribution in [0.15, 0.2) is 12.2 Å². The van der Waals surface area contributed by atoms with E-state index in [1.807, 2.05) is 6.08 Å². The largest absolute Gasteiger partial charge is 0.481 e. The number of allylic oxidation sites excluding steroid dienone is 1. The van der Waals surface area contributed by atoms with E-state index < -0.39 is 53.1 Å². The lowest BCUT2D eigenvalue weighted by atomic mass is 10.1. The van der Waals surface area contributed by atoms with Gasteiger partial charge in [0.05, 0.1) is 6.10 Å². The number of nitrogens with two attached hydrogens (primary N) is 1. The highest BCUT2D eigenvalue weighted by molar-refractivity contribution is 8.00. The van der Waals surface area contributed by atoms with Gasteiger partial charge in [-0.15, -0.1) is 11.8 Å². The first-order valence-corrected chi connectivity index (χ1v) is 14.5. The molecule has 0 spiro atoms. The van der Waals surface area contributed by atoms with E-state index in [4.69, 9.17) is 10.8 Å². The van der Waals surface area contributed by atoms with E-state index in [9.17, 15) is 37.5 Å². The monoisotopic (exact) mass is 583 g/mol. The maximum Gasteiger partial charge on any atom is 0.471 e. The van der Waals surface area contributed by atoms with Crippen LogP contribution in [0.2, 0.25) is 0 Å². The number of nitrogens with zero attached hydrogens (tertiary/aromatic N) is 1. The number of alkyl halides is 3. The van der Waals surface area contributed by atoms with E-state index >= 15 is 0 Å². The summed E-state index contributed by atoms with van der Waals surface area (Å²) < 4.78 is 38.4. The van der Waals surface area contributed by atoms with Crippen molar-refractivity contribution in [3.8, 4) is 0 Å². The average Bonchev–Trinajstić information content (AvgIpc) is 2.86. The van der Waals surface area contributed by atoms with Crippen LogP contribution >= 0.6 is 11.8 Å². The summed E-state index contributed by atoms with van der Waals surface area (Å²) in [5.41, 5.74) is 5.04. The molecule has 0 saturated carbocycles. The van der Waals surface area contributed by atoms with Gasteiger partial charge in [-0.05, 0) is 19.3 Å². The molecule has 0 heterocycles. The van der Waals surface area contributed by atoms with Gasteiger partial charge in [0.2, 0.25) is 0 Å². The molecule has 0 saturated heterocycles. The molecule has 5 N–H and O–H groups in total. The van der Waals surface area contributed by atoms with Gasteiger partial charge in [-0.3, -0.25) is 19.3 Å². The Morgan fingerprint density at radius 2 is 1.54 bits per heavy atom. The maximum atomic E-state index is 12.8. The number of aliphatic hydroxyl groups excluding tert-OH is 1. The molecule has 0 aromatic rings. The molecular formula is C26H44F3N3O6S. The molecule has 4 amide bonds. The number of imide groups is 1. The molecule has 0 aromatic heterocycles. The van der Waals surface area contributed by atoms with Crippen LogP contribution in [0.3, 0.4) is 0 Å². The smallest absolute Gasteiger partial charge is 0.471 e. The van der Waals surface area contributed by atoms with Crippen molar-refractivity contribution in [2.45, 2.75) is 114 Å². The van der Waals surface area contributed by atoms with Gasteiger partial charge in [-0.2, -0.15) is 13.2 Å². The Morgan fingerprint density at radius 3 is 2.03 bits per heavy atom. The second kappa shape index (κ2) is 20.6. The molecule has 226 valence electrons. The zero-order valence-corrected chi connectivity index (χ0v) is 23.7. The number of aliphatic carboxylic acids is 1. The number of urea groups is 1. The number of carboxylic acids is 1. The molecule has 1 unspecified atom stereocenters. The minimum Gasteiger partial charge on any atom is -0.481 e. The number of nitrogens with one attached hydrogen (secondary N) is 1. The quantitative estimate of drug-likeness (QED) is 0.112. The van der Waals surface area contributed by atoms with Crippen LogP contribution in [0.4, 0.5) is 18.0 Å². The number of carbonyl (C=O) groups excluding carboxylic acids is 3. The molecule has 0 bridgehead atoms. The van der Waals surface area contributed by atoms with Crippen LogP contribution in [0.1, 0.15) is 90.4 Å². The van der Waals surface area contributed by atoms with Crippen molar-refractivity contribution >= 4 is 35.6 Å². The number of aliphatic hydroxyl groups is 1. The van der Waals surface area contributed by atoms with E-state index in [2.05, 4.69) is 6.92 Å². The lowest BCUT2D eigenvalue weighted by molar-refractivity contribution is -0.174. The topological polar surface area (TPSA) is 150 Å². The standard InChI is InChI=1S/C26H44F3N3O6S/c1-3-4-5-6-7-8-9-10-11-12-13-14-15-21(20(33)16-17-22(34)35)39-18-19(23(36)32(2)25(30)38)31-24(37)26(27,28)29/h14-15,19-21,33H,3-13,16-18H2,1-2H3,(H2,30,38)(H,31,37)(H,34,35)/t19?,20-,21+/m1/s1. The second-order valence-electron chi connectivity index (χ2n) is 9.46. The lowest BCUT2D eigenvalue weighted by Crippen LogP contribution is -2.54. The lowest BCUT2D eigenvalue weighted by Gasteiger charge is -2.25. The number of thioether (sulfide) groups is 1. The Bertz CT molecular complexity index is 783. The molecule has 13 heteroatoms. The Hall–Kier alpha value is -2.28. The molecule has 3 atom stereocenters. The number of primary amides is 1. The molecule has 0 aliphatic heterocycles. The zero-order chi connectivity index (χ0) is 29.8. The first-order chi connectivity index (χ1) is 18.3. The molecule has 39 heavy (non-hydrogen) atoms. The van der Waals surface area contributed by atoms with Crippen LogP contribution in [0, 0.1) is 0 Å². The predicted octanol–water partition coefficient (Wildman–Crippen LogP) is 4.77. The highest BCUT2D eigenvalue weighted by atomic mass is 32.2. The summed E-state index contributed by atoms with van der Waals surface area (Å²) in [6.45, 7) is 2.19. The molecule has 0 fully saturated rings. The molecule has 0 aliphatic carbocycles. The average molecular weight is 584 g/mol. The highest BCUT2D eigenvalue weighted by Gasteiger charge is 2.41. The molecule has 0 rings (SSSR count). The summed E-state index contributed by atoms with van der Waals surface area (Å²) in [5, 5.41) is 20.3. The summed E-state index contributed by atoms with van der Waals surface area (Å²) in [6.07, 6.45) is 8.98. The normalized spacial score (nSPS) is 14.1. The van der Waals surface area contributed by atoms with Gasteiger partial charge >= 0.3 is 24.1 Å². The van der Waals surface area contributed by atoms with Gasteiger partial charge in [0.25, 0.3) is 5.91 Å². The summed E-state index contributed by atoms with van der Waals surface area (Å²) in [7, 11) is 0.966. The van der Waals surface area contributed by atoms with Crippen molar-refractivity contribution in [3.05, 3.63) is 12.2 Å². The third-order valence-corrected chi connectivity index (χ3v) is 7.44. The number of carbonyl (C=O) groups is 4. The third kappa shape index (κ3) is 17.8. The van der Waals surface area contributed by atoms with Gasteiger partial charge in [-0.1, -0.05) is 76.9 Å². The minimum absolute atomic E-state index is 0.121. The first-order valence-electron chi connectivity index (χ1n) is 13.4. The number of amides is 4. The number of hydrogen-bond acceptors (Lipinski definition) is 6. The molecule has 0 aliphatic rings. The van der Waals surface area contributed by atoms with Gasteiger partial charge in [0.1, 0.15) is 6.04 Å². The van der Waals surface area contributed by atoms with Crippen molar-refractivity contribution in [1.29, 1.82) is 0 Å². The number of hydrogen-bond donors (Lipinski definition) is 4. The summed E-state index contributed by atoms with van der Waals surface area (Å²) in [5.74, 6) is -5.06. The Labute approximate surface area is 233 Å². The first kappa shape index (κ1) is 36.7. The van der Waals surface area contributed by atoms with Crippen molar-refractivity contribution in [2.75, 3.05) is 12.8 Å². The highest BCUT2D eigenvalue weighted by Crippen LogP contribution is 2.23. The van der Waals surface area contributed by atoms with Crippen LogP contribution in [0.5, 0.6) is 0 Å². The fourth-order valence-corrected chi connectivity index (χ4v) is 4.90. The Morgan fingerprint density at radius 1 is 1.00 bits per heavy atom. The molecule has 0 radical (unpaired) electrons. The van der Waals surface area contributed by atoms with Crippen molar-refractivity contribution in [3.63, 3.8) is 0 Å². The number of rotatable bonds is 21. The van der Waals surface area contributed by atoms with Crippen molar-refractivity contribution in [1.82, 2.24) is 10.2 Å². The number of halogens is 3. The SMILES string of the molecule is CCCCCCCCCCCCC=C[C@H](SCC(NC(=O)C(F)(F)F)C(=O)N(C)C(N)=O)[C@H](O)CCC(=O)O. The van der Waals surface area contributed by atoms with Gasteiger partial charge in [0.15, 0.2) is 0 Å². The predicted molar refractivity (Wildman–Crippen MR) is 145 cm³/mol. The Kier molecular flexibility index (Phi) is 19.4. The van der Waals surface area contributed by atoms with E-state index in [1.54, 1.807) is 11.4 Å². The van der Waals surface area contributed by atoms with E-state index in [0.717, 1.165) is 38.1 Å². The van der Waals surface area contributed by atoms with Crippen LogP contribution in [0.25, 0.3) is 0 Å². The third-order valence-electron chi connectivity index (χ3n) is 6.06. The summed E-state index contributed by atoms with van der Waals surface area (Å²) in [4.78, 5) is 46.6. The molecule has 0 aromatic carbocycles. The van der Waals surface area contributed by atoms with E-state index in [0.29, 0.717) is 11.3 Å². The van der Waals surface area contributed by atoms with Crippen molar-refractivity contribution in [2.24, 2.45) is 5.73 Å². The number of likely N-dealkylation sites (N-methyl/N-ethyl adjacent to an activating group) is 1. The van der Waals surface area contributed by atoms with Crippen molar-refractivity contribution < 1.29 is 42.6 Å². The van der Waals surface area contributed by atoms with Crippen LogP contribution in [-0.2, 0) is 14.4 Å². The maximum absolute atomic E-state index is 12.8. The van der Waals surface area contributed by atoms with Gasteiger partial charge in [0, 0.05) is 24.5 Å². The summed E-state index contributed by atoms with van der Waals surface area (Å²) in [6, 6.07) is -2.98. The molecule has 9 nitrogen and oxygen atoms in total. The summed E-state index contributed by atoms with van der Waals surface area (Å²) >= 11 is 0.871. The van der Waals surface area contributed by atoms with E-state index in [-0.39, 0.29) is 12.8 Å². The Balaban J connectivity index is 5.06. The van der Waals surface area contributed by atoms with Crippen LogP contribution < -0.4 is 11.1 Å². The fourth-order valence-electron chi connectivity index (χ4n) is 3.67. The van der Waals surface area contributed by atoms with Crippen LogP contribution in [-0.4, -0.2) is 75.3 Å². The van der Waals surface area contributed by atoms with Gasteiger partial charge in [-0.25, -0.2) is 4.79 Å². The zero-order valence-electron chi connectivity index (χ0n) is 22.9.